The first kappa shape index (κ1) is 15.4. The maximum atomic E-state index is 13.6. The first-order valence-corrected chi connectivity index (χ1v) is 7.25. The monoisotopic (exact) mass is 287 g/mol. The quantitative estimate of drug-likeness (QED) is 0.881. The van der Waals surface area contributed by atoms with Crippen molar-refractivity contribution in [3.63, 3.8) is 0 Å². The molecule has 0 radical (unpaired) electrons. The molecule has 0 aliphatic heterocycles. The van der Waals surface area contributed by atoms with Gasteiger partial charge >= 0.3 is 0 Å². The molecule has 112 valence electrons. The van der Waals surface area contributed by atoms with Crippen molar-refractivity contribution in [2.24, 2.45) is 0 Å². The van der Waals surface area contributed by atoms with Crippen LogP contribution in [0, 0.1) is 5.82 Å². The molecule has 0 spiro atoms. The summed E-state index contributed by atoms with van der Waals surface area (Å²) in [5, 5.41) is 3.34. The van der Waals surface area contributed by atoms with Crippen LogP contribution in [-0.4, -0.2) is 18.6 Å². The zero-order valence-electron chi connectivity index (χ0n) is 12.8. The number of nitrogens with zero attached hydrogens (tertiary/aromatic N) is 2. The van der Waals surface area contributed by atoms with Crippen LogP contribution in [-0.2, 0) is 6.54 Å². The predicted octanol–water partition coefficient (Wildman–Crippen LogP) is 3.53. The van der Waals surface area contributed by atoms with Gasteiger partial charge in [0.05, 0.1) is 12.2 Å². The number of pyridine rings is 1. The number of anilines is 1. The van der Waals surface area contributed by atoms with E-state index in [1.54, 1.807) is 12.3 Å². The summed E-state index contributed by atoms with van der Waals surface area (Å²) in [7, 11) is 2.00. The zero-order valence-corrected chi connectivity index (χ0v) is 12.8. The third kappa shape index (κ3) is 4.02. The highest BCUT2D eigenvalue weighted by Crippen LogP contribution is 2.27. The normalized spacial score (nSPS) is 12.2. The lowest BCUT2D eigenvalue weighted by atomic mass is 10.0. The Morgan fingerprint density at radius 3 is 2.76 bits per heavy atom. The fraction of sp³-hybridized carbons (Fsp3) is 0.353. The molecule has 0 amide bonds. The van der Waals surface area contributed by atoms with Gasteiger partial charge in [-0.15, -0.1) is 0 Å². The second-order valence-electron chi connectivity index (χ2n) is 5.16. The molecular weight excluding hydrogens is 265 g/mol. The molecule has 0 aliphatic rings. The van der Waals surface area contributed by atoms with Crippen LogP contribution in [0.25, 0.3) is 0 Å². The lowest BCUT2D eigenvalue weighted by Crippen LogP contribution is -2.23. The highest BCUT2D eigenvalue weighted by atomic mass is 19.1. The summed E-state index contributed by atoms with van der Waals surface area (Å²) < 4.78 is 13.6. The molecule has 1 atom stereocenters. The van der Waals surface area contributed by atoms with E-state index in [0.29, 0.717) is 6.54 Å². The molecule has 1 N–H and O–H groups in total. The summed E-state index contributed by atoms with van der Waals surface area (Å²) in [6.45, 7) is 5.64. The van der Waals surface area contributed by atoms with Gasteiger partial charge in [0.15, 0.2) is 0 Å². The standard InChI is InChI=1S/C17H22FN3/c1-4-19-13(2)16-11-14(18)8-9-17(16)21(3)12-15-7-5-6-10-20-15/h5-11,13,19H,4,12H2,1-3H3. The van der Waals surface area contributed by atoms with Crippen molar-refractivity contribution in [3.8, 4) is 0 Å². The Bertz CT molecular complexity index is 572. The van der Waals surface area contributed by atoms with Crippen molar-refractivity contribution in [2.75, 3.05) is 18.5 Å². The molecule has 0 saturated heterocycles. The molecule has 0 fully saturated rings. The summed E-state index contributed by atoms with van der Waals surface area (Å²) in [4.78, 5) is 6.44. The number of benzene rings is 1. The van der Waals surface area contributed by atoms with Crippen LogP contribution in [0.5, 0.6) is 0 Å². The molecular formula is C17H22FN3. The minimum Gasteiger partial charge on any atom is -0.368 e. The van der Waals surface area contributed by atoms with Crippen LogP contribution >= 0.6 is 0 Å². The first-order chi connectivity index (χ1) is 10.1. The van der Waals surface area contributed by atoms with E-state index in [2.05, 4.69) is 22.1 Å². The summed E-state index contributed by atoms with van der Waals surface area (Å²) in [6, 6.07) is 10.9. The van der Waals surface area contributed by atoms with Crippen molar-refractivity contribution < 1.29 is 4.39 Å². The Balaban J connectivity index is 2.25. The van der Waals surface area contributed by atoms with Crippen LogP contribution < -0.4 is 10.2 Å². The number of aromatic nitrogens is 1. The summed E-state index contributed by atoms with van der Waals surface area (Å²) in [6.07, 6.45) is 1.79. The molecule has 21 heavy (non-hydrogen) atoms. The van der Waals surface area contributed by atoms with Crippen LogP contribution in [0.3, 0.4) is 0 Å². The third-order valence-corrected chi connectivity index (χ3v) is 3.50. The molecule has 1 unspecified atom stereocenters. The van der Waals surface area contributed by atoms with E-state index in [1.165, 1.54) is 6.07 Å². The molecule has 1 aromatic heterocycles. The van der Waals surface area contributed by atoms with E-state index in [4.69, 9.17) is 0 Å². The fourth-order valence-electron chi connectivity index (χ4n) is 2.46. The molecule has 3 nitrogen and oxygen atoms in total. The van der Waals surface area contributed by atoms with E-state index >= 15 is 0 Å². The Morgan fingerprint density at radius 2 is 2.10 bits per heavy atom. The Kier molecular flexibility index (Phi) is 5.28. The van der Waals surface area contributed by atoms with Gasteiger partial charge in [0.2, 0.25) is 0 Å². The smallest absolute Gasteiger partial charge is 0.123 e. The number of hydrogen-bond acceptors (Lipinski definition) is 3. The van der Waals surface area contributed by atoms with Crippen molar-refractivity contribution in [1.29, 1.82) is 0 Å². The maximum Gasteiger partial charge on any atom is 0.123 e. The van der Waals surface area contributed by atoms with Crippen LogP contribution in [0.15, 0.2) is 42.6 Å². The van der Waals surface area contributed by atoms with Gasteiger partial charge in [-0.25, -0.2) is 4.39 Å². The van der Waals surface area contributed by atoms with Gasteiger partial charge in [-0.1, -0.05) is 13.0 Å². The molecule has 0 aliphatic carbocycles. The largest absolute Gasteiger partial charge is 0.368 e. The SMILES string of the molecule is CCNC(C)c1cc(F)ccc1N(C)Cc1ccccn1. The van der Waals surface area contributed by atoms with Crippen molar-refractivity contribution in [3.05, 3.63) is 59.7 Å². The number of nitrogens with one attached hydrogen (secondary N) is 1. The first-order valence-electron chi connectivity index (χ1n) is 7.25. The lowest BCUT2D eigenvalue weighted by Gasteiger charge is -2.25. The van der Waals surface area contributed by atoms with E-state index in [1.807, 2.05) is 38.2 Å². The molecule has 2 rings (SSSR count). The summed E-state index contributed by atoms with van der Waals surface area (Å²) in [5.41, 5.74) is 2.98. The number of rotatable bonds is 6. The minimum atomic E-state index is -0.204. The van der Waals surface area contributed by atoms with E-state index in [0.717, 1.165) is 23.5 Å². The number of hydrogen-bond donors (Lipinski definition) is 1. The molecule has 0 bridgehead atoms. The molecule has 2 aromatic rings. The van der Waals surface area contributed by atoms with Crippen molar-refractivity contribution >= 4 is 5.69 Å². The highest BCUT2D eigenvalue weighted by molar-refractivity contribution is 5.54. The van der Waals surface area contributed by atoms with Crippen LogP contribution in [0.1, 0.15) is 31.1 Å². The van der Waals surface area contributed by atoms with Gasteiger partial charge < -0.3 is 10.2 Å². The summed E-state index contributed by atoms with van der Waals surface area (Å²) >= 11 is 0. The lowest BCUT2D eigenvalue weighted by molar-refractivity contribution is 0.581. The third-order valence-electron chi connectivity index (χ3n) is 3.50. The highest BCUT2D eigenvalue weighted by Gasteiger charge is 2.14. The minimum absolute atomic E-state index is 0.104. The second kappa shape index (κ2) is 7.18. The summed E-state index contributed by atoms with van der Waals surface area (Å²) in [5.74, 6) is -0.204. The molecule has 1 heterocycles. The fourth-order valence-corrected chi connectivity index (χ4v) is 2.46. The average Bonchev–Trinajstić information content (AvgIpc) is 2.48. The average molecular weight is 287 g/mol. The van der Waals surface area contributed by atoms with E-state index < -0.39 is 0 Å². The van der Waals surface area contributed by atoms with Gasteiger partial charge in [-0.3, -0.25) is 4.98 Å². The topological polar surface area (TPSA) is 28.2 Å². The maximum absolute atomic E-state index is 13.6. The van der Waals surface area contributed by atoms with Crippen LogP contribution in [0.2, 0.25) is 0 Å². The van der Waals surface area contributed by atoms with Gasteiger partial charge in [-0.05, 0) is 49.4 Å². The van der Waals surface area contributed by atoms with Gasteiger partial charge in [0.1, 0.15) is 5.82 Å². The number of halogens is 1. The molecule has 4 heteroatoms. The van der Waals surface area contributed by atoms with Gasteiger partial charge in [0, 0.05) is 25.0 Å². The molecule has 0 saturated carbocycles. The van der Waals surface area contributed by atoms with Crippen molar-refractivity contribution in [2.45, 2.75) is 26.4 Å². The van der Waals surface area contributed by atoms with E-state index in [-0.39, 0.29) is 11.9 Å². The zero-order chi connectivity index (χ0) is 15.2. The predicted molar refractivity (Wildman–Crippen MR) is 84.8 cm³/mol. The Labute approximate surface area is 125 Å². The Morgan fingerprint density at radius 1 is 1.29 bits per heavy atom. The Hall–Kier alpha value is -1.94. The van der Waals surface area contributed by atoms with Crippen LogP contribution in [0.4, 0.5) is 10.1 Å². The van der Waals surface area contributed by atoms with Crippen molar-refractivity contribution in [1.82, 2.24) is 10.3 Å². The van der Waals surface area contributed by atoms with Gasteiger partial charge in [0.25, 0.3) is 0 Å². The van der Waals surface area contributed by atoms with Gasteiger partial charge in [-0.2, -0.15) is 0 Å². The second-order valence-corrected chi connectivity index (χ2v) is 5.16. The molecule has 1 aromatic carbocycles. The van der Waals surface area contributed by atoms with E-state index in [9.17, 15) is 4.39 Å².